The van der Waals surface area contributed by atoms with Gasteiger partial charge in [0.05, 0.1) is 23.6 Å². The first-order valence-corrected chi connectivity index (χ1v) is 13.3. The standard InChI is InChI=1S/C25H34ClFN2O3S/c1-3-4-12-33-13-11-29-10-9-17(20(16-29)25(30)31)5-7-22(27)24-19-14-18(32-2)6-8-23(19)28-15-21(24)26/h6,8,14-15,17,20,22H,3-5,7,9-13,16H2,1-2H3,(H,30,31). The molecule has 2 heterocycles. The van der Waals surface area contributed by atoms with Crippen LogP contribution in [0.3, 0.4) is 0 Å². The Labute approximate surface area is 205 Å². The molecule has 1 N–H and O–H groups in total. The number of aliphatic carboxylic acids is 1. The normalized spacial score (nSPS) is 20.1. The first-order valence-electron chi connectivity index (χ1n) is 11.7. The molecule has 0 saturated carbocycles. The number of carboxylic acid groups (broad SMARTS) is 1. The molecule has 0 spiro atoms. The van der Waals surface area contributed by atoms with Crippen LogP contribution in [0.1, 0.15) is 50.8 Å². The summed E-state index contributed by atoms with van der Waals surface area (Å²) >= 11 is 8.28. The van der Waals surface area contributed by atoms with E-state index in [1.807, 2.05) is 11.8 Å². The van der Waals surface area contributed by atoms with Gasteiger partial charge >= 0.3 is 5.97 Å². The lowest BCUT2D eigenvalue weighted by Crippen LogP contribution is -2.44. The number of fused-ring (bicyclic) bond motifs is 1. The van der Waals surface area contributed by atoms with Crippen molar-refractivity contribution in [3.63, 3.8) is 0 Å². The maximum Gasteiger partial charge on any atom is 0.308 e. The van der Waals surface area contributed by atoms with E-state index >= 15 is 4.39 Å². The third kappa shape index (κ3) is 6.96. The molecule has 5 nitrogen and oxygen atoms in total. The number of rotatable bonds is 12. The largest absolute Gasteiger partial charge is 0.497 e. The summed E-state index contributed by atoms with van der Waals surface area (Å²) in [4.78, 5) is 18.5. The highest BCUT2D eigenvalue weighted by molar-refractivity contribution is 7.99. The van der Waals surface area contributed by atoms with Crippen LogP contribution < -0.4 is 4.74 Å². The summed E-state index contributed by atoms with van der Waals surface area (Å²) in [7, 11) is 1.56. The Morgan fingerprint density at radius 3 is 2.97 bits per heavy atom. The van der Waals surface area contributed by atoms with Crippen molar-refractivity contribution < 1.29 is 19.0 Å². The molecule has 182 valence electrons. The number of aromatic nitrogens is 1. The number of hydrogen-bond acceptors (Lipinski definition) is 5. The van der Waals surface area contributed by atoms with Gasteiger partial charge in [-0.1, -0.05) is 24.9 Å². The molecule has 1 aromatic heterocycles. The van der Waals surface area contributed by atoms with Gasteiger partial charge in [-0.25, -0.2) is 4.39 Å². The van der Waals surface area contributed by atoms with Crippen LogP contribution in [0.15, 0.2) is 24.4 Å². The topological polar surface area (TPSA) is 62.7 Å². The molecule has 3 unspecified atom stereocenters. The Balaban J connectivity index is 1.62. The third-order valence-electron chi connectivity index (χ3n) is 6.52. The van der Waals surface area contributed by atoms with Crippen LogP contribution in [0.25, 0.3) is 10.9 Å². The van der Waals surface area contributed by atoms with Crippen LogP contribution in [0.2, 0.25) is 5.02 Å². The van der Waals surface area contributed by atoms with Gasteiger partial charge in [-0.15, -0.1) is 0 Å². The number of likely N-dealkylation sites (tertiary alicyclic amines) is 1. The molecule has 3 atom stereocenters. The Kier molecular flexibility index (Phi) is 10.1. The Bertz CT molecular complexity index is 932. The number of hydrogen-bond donors (Lipinski definition) is 1. The van der Waals surface area contributed by atoms with Gasteiger partial charge in [0.2, 0.25) is 0 Å². The quantitative estimate of drug-likeness (QED) is 0.351. The van der Waals surface area contributed by atoms with Crippen molar-refractivity contribution in [2.24, 2.45) is 11.8 Å². The van der Waals surface area contributed by atoms with E-state index < -0.39 is 18.1 Å². The van der Waals surface area contributed by atoms with Crippen LogP contribution in [0.5, 0.6) is 5.75 Å². The fraction of sp³-hybridized carbons (Fsp3) is 0.600. The van der Waals surface area contributed by atoms with Crippen LogP contribution in [-0.4, -0.2) is 59.2 Å². The molecule has 1 aliphatic rings. The van der Waals surface area contributed by atoms with E-state index in [1.165, 1.54) is 19.0 Å². The van der Waals surface area contributed by atoms with Gasteiger partial charge in [0, 0.05) is 36.0 Å². The average molecular weight is 497 g/mol. The van der Waals surface area contributed by atoms with E-state index in [9.17, 15) is 9.90 Å². The predicted octanol–water partition coefficient (Wildman–Crippen LogP) is 6.24. The van der Waals surface area contributed by atoms with Crippen molar-refractivity contribution in [1.29, 1.82) is 0 Å². The highest BCUT2D eigenvalue weighted by Gasteiger charge is 2.34. The van der Waals surface area contributed by atoms with Crippen LogP contribution in [0, 0.1) is 11.8 Å². The maximum atomic E-state index is 15.5. The first kappa shape index (κ1) is 26.0. The lowest BCUT2D eigenvalue weighted by molar-refractivity contribution is -0.146. The predicted molar refractivity (Wildman–Crippen MR) is 134 cm³/mol. The smallest absolute Gasteiger partial charge is 0.308 e. The number of nitrogens with zero attached hydrogens (tertiary/aromatic N) is 2. The second-order valence-corrected chi connectivity index (χ2v) is 10.3. The lowest BCUT2D eigenvalue weighted by Gasteiger charge is -2.36. The number of unbranched alkanes of at least 4 members (excludes halogenated alkanes) is 1. The third-order valence-corrected chi connectivity index (χ3v) is 7.87. The van der Waals surface area contributed by atoms with Crippen LogP contribution in [0.4, 0.5) is 4.39 Å². The van der Waals surface area contributed by atoms with E-state index in [1.54, 1.807) is 25.3 Å². The molecular formula is C25H34ClFN2O3S. The summed E-state index contributed by atoms with van der Waals surface area (Å²) in [6, 6.07) is 5.33. The summed E-state index contributed by atoms with van der Waals surface area (Å²) in [5, 5.41) is 10.7. The SMILES string of the molecule is CCCCSCCN1CCC(CCC(F)c2c(Cl)cnc3ccc(OC)cc23)C(C(=O)O)C1. The molecule has 0 amide bonds. The van der Waals surface area contributed by atoms with E-state index in [0.29, 0.717) is 35.2 Å². The van der Waals surface area contributed by atoms with Crippen LogP contribution >= 0.6 is 23.4 Å². The molecule has 0 radical (unpaired) electrons. The second-order valence-electron chi connectivity index (χ2n) is 8.71. The van der Waals surface area contributed by atoms with Gasteiger partial charge in [0.25, 0.3) is 0 Å². The number of carboxylic acids is 1. The summed E-state index contributed by atoms with van der Waals surface area (Å²) in [5.74, 6) is 1.52. The van der Waals surface area contributed by atoms with Gasteiger partial charge in [-0.2, -0.15) is 11.8 Å². The molecule has 3 rings (SSSR count). The molecule has 0 aliphatic carbocycles. The molecule has 1 fully saturated rings. The van der Waals surface area contributed by atoms with E-state index in [0.717, 1.165) is 31.0 Å². The molecular weight excluding hydrogens is 463 g/mol. The number of halogens is 2. The minimum atomic E-state index is -1.29. The number of ether oxygens (including phenoxy) is 1. The van der Waals surface area contributed by atoms with E-state index in [-0.39, 0.29) is 17.4 Å². The highest BCUT2D eigenvalue weighted by Crippen LogP contribution is 2.38. The van der Waals surface area contributed by atoms with Crippen molar-refractivity contribution in [2.75, 3.05) is 38.2 Å². The maximum absolute atomic E-state index is 15.5. The average Bonchev–Trinajstić information content (AvgIpc) is 2.82. The zero-order valence-electron chi connectivity index (χ0n) is 19.4. The Morgan fingerprint density at radius 2 is 2.24 bits per heavy atom. The summed E-state index contributed by atoms with van der Waals surface area (Å²) in [5.41, 5.74) is 1.07. The first-order chi connectivity index (χ1) is 15.9. The molecule has 0 bridgehead atoms. The molecule has 1 saturated heterocycles. The summed E-state index contributed by atoms with van der Waals surface area (Å²) in [6.45, 7) is 4.51. The van der Waals surface area contributed by atoms with Gasteiger partial charge < -0.3 is 14.7 Å². The van der Waals surface area contributed by atoms with Gasteiger partial charge in [0.15, 0.2) is 0 Å². The number of pyridine rings is 1. The summed E-state index contributed by atoms with van der Waals surface area (Å²) in [6.07, 6.45) is 4.13. The van der Waals surface area contributed by atoms with Crippen molar-refractivity contribution in [3.05, 3.63) is 35.0 Å². The van der Waals surface area contributed by atoms with Crippen molar-refractivity contribution in [2.45, 2.75) is 45.2 Å². The number of benzene rings is 1. The Morgan fingerprint density at radius 1 is 1.42 bits per heavy atom. The van der Waals surface area contributed by atoms with E-state index in [4.69, 9.17) is 16.3 Å². The molecule has 1 aliphatic heterocycles. The van der Waals surface area contributed by atoms with Gasteiger partial charge in [-0.05, 0) is 62.1 Å². The second kappa shape index (κ2) is 12.8. The summed E-state index contributed by atoms with van der Waals surface area (Å²) < 4.78 is 20.8. The Hall–Kier alpha value is -1.57. The molecule has 1 aromatic carbocycles. The number of alkyl halides is 1. The number of piperidine rings is 1. The highest BCUT2D eigenvalue weighted by atomic mass is 35.5. The fourth-order valence-corrected chi connectivity index (χ4v) is 5.91. The number of thioether (sulfide) groups is 1. The molecule has 8 heteroatoms. The molecule has 2 aromatic rings. The lowest BCUT2D eigenvalue weighted by atomic mass is 9.81. The van der Waals surface area contributed by atoms with Gasteiger partial charge in [0.1, 0.15) is 11.9 Å². The van der Waals surface area contributed by atoms with Gasteiger partial charge in [-0.3, -0.25) is 9.78 Å². The zero-order chi connectivity index (χ0) is 23.8. The fourth-order valence-electron chi connectivity index (χ4n) is 4.56. The molecule has 33 heavy (non-hydrogen) atoms. The minimum Gasteiger partial charge on any atom is -0.497 e. The van der Waals surface area contributed by atoms with Crippen molar-refractivity contribution >= 4 is 40.2 Å². The van der Waals surface area contributed by atoms with Crippen LogP contribution in [-0.2, 0) is 4.79 Å². The monoisotopic (exact) mass is 496 g/mol. The number of carbonyl (C=O) groups is 1. The van der Waals surface area contributed by atoms with Crippen molar-refractivity contribution in [1.82, 2.24) is 9.88 Å². The minimum absolute atomic E-state index is 0.0360. The zero-order valence-corrected chi connectivity index (χ0v) is 21.0. The van der Waals surface area contributed by atoms with E-state index in [2.05, 4.69) is 16.8 Å². The number of methoxy groups -OCH3 is 1. The van der Waals surface area contributed by atoms with Crippen molar-refractivity contribution in [3.8, 4) is 5.75 Å².